The predicted octanol–water partition coefficient (Wildman–Crippen LogP) is 2.58. The van der Waals surface area contributed by atoms with Crippen LogP contribution in [-0.2, 0) is 4.79 Å². The normalized spacial score (nSPS) is 27.3. The number of fused-ring (bicyclic) bond motifs is 1. The Balaban J connectivity index is 1.86. The molecule has 1 saturated carbocycles. The van der Waals surface area contributed by atoms with Crippen molar-refractivity contribution in [2.75, 3.05) is 32.1 Å². The van der Waals surface area contributed by atoms with Crippen molar-refractivity contribution in [3.63, 3.8) is 0 Å². The number of nitrogens with zero attached hydrogens (tertiary/aromatic N) is 1. The van der Waals surface area contributed by atoms with E-state index in [1.165, 1.54) is 19.6 Å². The van der Waals surface area contributed by atoms with Crippen molar-refractivity contribution in [1.29, 1.82) is 0 Å². The zero-order valence-electron chi connectivity index (χ0n) is 13.2. The number of halogens is 1. The van der Waals surface area contributed by atoms with Gasteiger partial charge in [-0.05, 0) is 37.4 Å². The molecule has 22 heavy (non-hydrogen) atoms. The van der Waals surface area contributed by atoms with E-state index in [0.29, 0.717) is 11.6 Å². The number of nitrogens with one attached hydrogen (secondary N) is 1. The molecule has 1 aliphatic heterocycles. The second-order valence-electron chi connectivity index (χ2n) is 6.41. The molecule has 0 unspecified atom stereocenters. The minimum absolute atomic E-state index is 0.103. The van der Waals surface area contributed by atoms with Gasteiger partial charge >= 0.3 is 0 Å². The van der Waals surface area contributed by atoms with Gasteiger partial charge in [0.1, 0.15) is 0 Å². The maximum atomic E-state index is 13.9. The molecule has 5 heteroatoms. The highest BCUT2D eigenvalue weighted by Crippen LogP contribution is 2.45. The first-order chi connectivity index (χ1) is 10.6. The van der Waals surface area contributed by atoms with Crippen molar-refractivity contribution in [2.45, 2.75) is 25.7 Å². The predicted molar refractivity (Wildman–Crippen MR) is 83.6 cm³/mol. The summed E-state index contributed by atoms with van der Waals surface area (Å²) >= 11 is 0. The molecule has 0 spiro atoms. The van der Waals surface area contributed by atoms with Crippen LogP contribution in [0.1, 0.15) is 25.7 Å². The molecule has 1 heterocycles. The summed E-state index contributed by atoms with van der Waals surface area (Å²) in [6, 6.07) is 4.67. The summed E-state index contributed by atoms with van der Waals surface area (Å²) in [4.78, 5) is 14.7. The summed E-state index contributed by atoms with van der Waals surface area (Å²) < 4.78 is 18.8. The Labute approximate surface area is 130 Å². The maximum Gasteiger partial charge on any atom is 0.234 e. The Kier molecular flexibility index (Phi) is 4.08. The van der Waals surface area contributed by atoms with Crippen LogP contribution >= 0.6 is 0 Å². The molecule has 1 aliphatic carbocycles. The van der Waals surface area contributed by atoms with Crippen LogP contribution in [0.15, 0.2) is 18.2 Å². The SMILES string of the molecule is COc1ccc(N(C)C(=O)[C@@]23CCCC[C@H]2CNC3)cc1F. The molecule has 1 saturated heterocycles. The summed E-state index contributed by atoms with van der Waals surface area (Å²) in [5.41, 5.74) is 0.262. The van der Waals surface area contributed by atoms with Crippen LogP contribution in [0.4, 0.5) is 10.1 Å². The summed E-state index contributed by atoms with van der Waals surface area (Å²) in [5, 5.41) is 3.38. The lowest BCUT2D eigenvalue weighted by molar-refractivity contribution is -0.130. The van der Waals surface area contributed by atoms with Gasteiger partial charge in [0.15, 0.2) is 11.6 Å². The fourth-order valence-corrected chi connectivity index (χ4v) is 3.98. The number of ether oxygens (including phenoxy) is 1. The Bertz CT molecular complexity index is 578. The van der Waals surface area contributed by atoms with Crippen molar-refractivity contribution >= 4 is 11.6 Å². The number of benzene rings is 1. The molecule has 120 valence electrons. The molecule has 3 rings (SSSR count). The number of methoxy groups -OCH3 is 1. The van der Waals surface area contributed by atoms with Gasteiger partial charge in [0.2, 0.25) is 5.91 Å². The summed E-state index contributed by atoms with van der Waals surface area (Å²) in [7, 11) is 3.17. The van der Waals surface area contributed by atoms with E-state index >= 15 is 0 Å². The van der Waals surface area contributed by atoms with Crippen LogP contribution in [0, 0.1) is 17.2 Å². The van der Waals surface area contributed by atoms with Gasteiger partial charge in [-0.1, -0.05) is 12.8 Å². The molecule has 1 aromatic carbocycles. The van der Waals surface area contributed by atoms with Crippen molar-refractivity contribution in [1.82, 2.24) is 5.32 Å². The van der Waals surface area contributed by atoms with E-state index in [1.54, 1.807) is 24.1 Å². The van der Waals surface area contributed by atoms with E-state index in [2.05, 4.69) is 5.32 Å². The van der Waals surface area contributed by atoms with Crippen LogP contribution in [0.5, 0.6) is 5.75 Å². The Morgan fingerprint density at radius 1 is 1.45 bits per heavy atom. The molecule has 4 nitrogen and oxygen atoms in total. The summed E-state index contributed by atoms with van der Waals surface area (Å²) in [5.74, 6) is 0.258. The highest BCUT2D eigenvalue weighted by Gasteiger charge is 2.51. The van der Waals surface area contributed by atoms with E-state index in [-0.39, 0.29) is 17.1 Å². The molecule has 0 aromatic heterocycles. The van der Waals surface area contributed by atoms with Crippen LogP contribution < -0.4 is 15.0 Å². The average molecular weight is 306 g/mol. The first-order valence-electron chi connectivity index (χ1n) is 7.91. The second kappa shape index (κ2) is 5.88. The topological polar surface area (TPSA) is 41.6 Å². The molecular formula is C17H23FN2O2. The number of hydrogen-bond acceptors (Lipinski definition) is 3. The smallest absolute Gasteiger partial charge is 0.234 e. The third kappa shape index (κ3) is 2.37. The number of carbonyl (C=O) groups excluding carboxylic acids is 1. The van der Waals surface area contributed by atoms with Crippen molar-refractivity contribution in [2.24, 2.45) is 11.3 Å². The quantitative estimate of drug-likeness (QED) is 0.933. The largest absolute Gasteiger partial charge is 0.494 e. The number of hydrogen-bond donors (Lipinski definition) is 1. The fraction of sp³-hybridized carbons (Fsp3) is 0.588. The molecule has 2 fully saturated rings. The van der Waals surface area contributed by atoms with E-state index in [0.717, 1.165) is 32.4 Å². The van der Waals surface area contributed by atoms with Crippen molar-refractivity contribution in [3.8, 4) is 5.75 Å². The third-order valence-electron chi connectivity index (χ3n) is 5.29. The standard InChI is InChI=1S/C17H23FN2O2/c1-20(13-6-7-15(22-2)14(18)9-13)16(21)17-8-4-3-5-12(17)10-19-11-17/h6-7,9,12,19H,3-5,8,10-11H2,1-2H3/t12-,17+/m0/s1. The van der Waals surface area contributed by atoms with Crippen LogP contribution in [-0.4, -0.2) is 33.2 Å². The molecule has 1 N–H and O–H groups in total. The molecule has 0 radical (unpaired) electrons. The Morgan fingerprint density at radius 2 is 2.27 bits per heavy atom. The average Bonchev–Trinajstić information content (AvgIpc) is 2.98. The van der Waals surface area contributed by atoms with Gasteiger partial charge in [-0.15, -0.1) is 0 Å². The summed E-state index contributed by atoms with van der Waals surface area (Å²) in [6.45, 7) is 1.65. The molecule has 1 aromatic rings. The first-order valence-corrected chi connectivity index (χ1v) is 7.91. The van der Waals surface area contributed by atoms with Gasteiger partial charge in [0.05, 0.1) is 12.5 Å². The van der Waals surface area contributed by atoms with Crippen molar-refractivity contribution < 1.29 is 13.9 Å². The zero-order chi connectivity index (χ0) is 15.7. The molecule has 2 aliphatic rings. The minimum Gasteiger partial charge on any atom is -0.494 e. The zero-order valence-corrected chi connectivity index (χ0v) is 13.2. The fourth-order valence-electron chi connectivity index (χ4n) is 3.98. The van der Waals surface area contributed by atoms with Gasteiger partial charge in [-0.3, -0.25) is 4.79 Å². The molecular weight excluding hydrogens is 283 g/mol. The number of amides is 1. The van der Waals surface area contributed by atoms with E-state index in [9.17, 15) is 9.18 Å². The molecule has 2 atom stereocenters. The van der Waals surface area contributed by atoms with Crippen LogP contribution in [0.25, 0.3) is 0 Å². The second-order valence-corrected chi connectivity index (χ2v) is 6.41. The lowest BCUT2D eigenvalue weighted by Gasteiger charge is -2.39. The van der Waals surface area contributed by atoms with Gasteiger partial charge in [-0.2, -0.15) is 0 Å². The summed E-state index contributed by atoms with van der Waals surface area (Å²) in [6.07, 6.45) is 4.31. The maximum absolute atomic E-state index is 13.9. The first kappa shape index (κ1) is 15.3. The molecule has 1 amide bonds. The molecule has 0 bridgehead atoms. The number of anilines is 1. The third-order valence-corrected chi connectivity index (χ3v) is 5.29. The van der Waals surface area contributed by atoms with Gasteiger partial charge in [0.25, 0.3) is 0 Å². The minimum atomic E-state index is -0.443. The van der Waals surface area contributed by atoms with Gasteiger partial charge in [0, 0.05) is 25.3 Å². The van der Waals surface area contributed by atoms with Crippen LogP contribution in [0.3, 0.4) is 0 Å². The lowest BCUT2D eigenvalue weighted by atomic mass is 9.67. The van der Waals surface area contributed by atoms with E-state index in [1.807, 2.05) is 0 Å². The van der Waals surface area contributed by atoms with Gasteiger partial charge < -0.3 is 15.0 Å². The number of carbonyl (C=O) groups is 1. The van der Waals surface area contributed by atoms with E-state index < -0.39 is 5.82 Å². The Morgan fingerprint density at radius 3 is 3.00 bits per heavy atom. The highest BCUT2D eigenvalue weighted by molar-refractivity contribution is 5.98. The van der Waals surface area contributed by atoms with Crippen molar-refractivity contribution in [3.05, 3.63) is 24.0 Å². The van der Waals surface area contributed by atoms with Crippen LogP contribution in [0.2, 0.25) is 0 Å². The van der Waals surface area contributed by atoms with E-state index in [4.69, 9.17) is 4.74 Å². The lowest BCUT2D eigenvalue weighted by Crippen LogP contribution is -2.48. The van der Waals surface area contributed by atoms with Gasteiger partial charge in [-0.25, -0.2) is 4.39 Å². The Hall–Kier alpha value is -1.62. The monoisotopic (exact) mass is 306 g/mol. The number of rotatable bonds is 3. The highest BCUT2D eigenvalue weighted by atomic mass is 19.1.